The molecule has 3 heterocycles. The van der Waals surface area contributed by atoms with Gasteiger partial charge in [-0.15, -0.1) is 0 Å². The van der Waals surface area contributed by atoms with Crippen LogP contribution in [0, 0.1) is 6.08 Å². The number of nitrogens with two attached hydrogens (primary N) is 1. The summed E-state index contributed by atoms with van der Waals surface area (Å²) in [6.45, 7) is 1.87. The molecule has 7 nitrogen and oxygen atoms in total. The van der Waals surface area contributed by atoms with Crippen molar-refractivity contribution in [3.63, 3.8) is 0 Å². The van der Waals surface area contributed by atoms with Gasteiger partial charge in [0.25, 0.3) is 6.08 Å². The summed E-state index contributed by atoms with van der Waals surface area (Å²) in [5.41, 5.74) is 5.90. The number of nitrogens with zero attached hydrogens (tertiary/aromatic N) is 4. The summed E-state index contributed by atoms with van der Waals surface area (Å²) in [4.78, 5) is 11.5. The number of aliphatic hydroxyl groups excluding tert-OH is 1. The Balaban J connectivity index is 2.09. The second-order valence-corrected chi connectivity index (χ2v) is 5.23. The van der Waals surface area contributed by atoms with Crippen molar-refractivity contribution in [1.29, 1.82) is 0 Å². The molecular formula is C11H14FN5O2S. The summed E-state index contributed by atoms with van der Waals surface area (Å²) in [5, 5.41) is 9.45. The number of hydrogen-bond donors (Lipinski definition) is 3. The van der Waals surface area contributed by atoms with Gasteiger partial charge in [-0.2, -0.15) is 22.0 Å². The first-order chi connectivity index (χ1) is 9.54. The van der Waals surface area contributed by atoms with Crippen molar-refractivity contribution >= 4 is 18.4 Å². The average Bonchev–Trinajstić information content (AvgIpc) is 2.99. The molecule has 0 spiro atoms. The van der Waals surface area contributed by atoms with Crippen LogP contribution < -0.4 is 5.73 Å². The number of rotatable bonds is 2. The van der Waals surface area contributed by atoms with Gasteiger partial charge in [-0.3, -0.25) is 4.57 Å². The van der Waals surface area contributed by atoms with Crippen molar-refractivity contribution in [3.8, 4) is 11.5 Å². The van der Waals surface area contributed by atoms with Crippen LogP contribution >= 0.6 is 12.6 Å². The predicted octanol–water partition coefficient (Wildman–Crippen LogP) is 0.466. The summed E-state index contributed by atoms with van der Waals surface area (Å²) in [6.07, 6.45) is -1.00. The van der Waals surface area contributed by atoms with Crippen LogP contribution in [0.15, 0.2) is 6.33 Å². The minimum absolute atomic E-state index is 0.0347. The molecule has 0 aliphatic carbocycles. The van der Waals surface area contributed by atoms with Crippen molar-refractivity contribution in [1.82, 2.24) is 19.5 Å². The highest BCUT2D eigenvalue weighted by atomic mass is 32.1. The Hall–Kier alpha value is -1.45. The maximum Gasteiger partial charge on any atom is 0.294 e. The third-order valence-electron chi connectivity index (χ3n) is 3.46. The Bertz CT molecular complexity index is 609. The molecule has 1 saturated heterocycles. The monoisotopic (exact) mass is 299 g/mol. The Morgan fingerprint density at radius 1 is 1.55 bits per heavy atom. The fourth-order valence-corrected chi connectivity index (χ4v) is 2.81. The standard InChI is InChI=1S/C11H14FN5O2S/c1-2-4-6(18)7(20)10(19-4)17-9-5(14-3-15-9)8(13)16-11(17)12/h3-4,6-7,10,18,20H,2,13H2,1H3/t4-,6-,7-,10-/m1/s1. The van der Waals surface area contributed by atoms with Gasteiger partial charge in [0.2, 0.25) is 0 Å². The Kier molecular flexibility index (Phi) is 3.27. The van der Waals surface area contributed by atoms with Crippen molar-refractivity contribution in [2.24, 2.45) is 0 Å². The number of hydrogen-bond acceptors (Lipinski definition) is 7. The molecule has 0 aromatic carbocycles. The van der Waals surface area contributed by atoms with Gasteiger partial charge < -0.3 is 15.6 Å². The van der Waals surface area contributed by atoms with Gasteiger partial charge in [-0.05, 0) is 6.42 Å². The quantitative estimate of drug-likeness (QED) is 0.550. The third kappa shape index (κ3) is 1.85. The van der Waals surface area contributed by atoms with Crippen LogP contribution in [-0.2, 0) is 4.74 Å². The molecule has 0 bridgehead atoms. The van der Waals surface area contributed by atoms with Crippen LogP contribution in [0.3, 0.4) is 0 Å². The highest BCUT2D eigenvalue weighted by Crippen LogP contribution is 2.38. The number of fused-ring (bicyclic) bond motifs is 1. The first-order valence-electron chi connectivity index (χ1n) is 6.20. The number of halogens is 1. The number of thiol groups is 1. The van der Waals surface area contributed by atoms with Crippen LogP contribution in [0.4, 0.5) is 10.2 Å². The molecule has 0 radical (unpaired) electrons. The van der Waals surface area contributed by atoms with E-state index in [0.29, 0.717) is 12.1 Å². The number of anilines is 1. The van der Waals surface area contributed by atoms with Crippen LogP contribution in [0.5, 0.6) is 0 Å². The third-order valence-corrected chi connectivity index (χ3v) is 4.02. The summed E-state index contributed by atoms with van der Waals surface area (Å²) < 4.78 is 21.0. The van der Waals surface area contributed by atoms with Gasteiger partial charge in [-0.25, -0.2) is 9.97 Å². The fourth-order valence-electron chi connectivity index (χ4n) is 2.42. The molecule has 9 heteroatoms. The lowest BCUT2D eigenvalue weighted by atomic mass is 10.1. The Labute approximate surface area is 119 Å². The van der Waals surface area contributed by atoms with E-state index in [1.165, 1.54) is 6.33 Å². The Morgan fingerprint density at radius 2 is 2.30 bits per heavy atom. The largest absolute Gasteiger partial charge is 0.389 e. The minimum atomic E-state index is -0.844. The van der Waals surface area contributed by atoms with E-state index in [-0.39, 0.29) is 11.6 Å². The fraction of sp³-hybridized carbons (Fsp3) is 0.545. The maximum absolute atomic E-state index is 14.1. The van der Waals surface area contributed by atoms with E-state index in [2.05, 4.69) is 27.6 Å². The van der Waals surface area contributed by atoms with E-state index in [1.807, 2.05) is 6.92 Å². The molecule has 0 aromatic heterocycles. The molecule has 20 heavy (non-hydrogen) atoms. The molecular weight excluding hydrogens is 285 g/mol. The van der Waals surface area contributed by atoms with Gasteiger partial charge in [0.15, 0.2) is 23.6 Å². The topological polar surface area (TPSA) is 99.1 Å². The van der Waals surface area contributed by atoms with Crippen molar-refractivity contribution in [3.05, 3.63) is 12.4 Å². The molecule has 0 unspecified atom stereocenters. The molecule has 4 atom stereocenters. The number of ether oxygens (including phenoxy) is 1. The van der Waals surface area contributed by atoms with Crippen molar-refractivity contribution in [2.45, 2.75) is 37.0 Å². The van der Waals surface area contributed by atoms with Crippen LogP contribution in [0.25, 0.3) is 11.5 Å². The lowest BCUT2D eigenvalue weighted by molar-refractivity contribution is -0.0242. The summed E-state index contributed by atoms with van der Waals surface area (Å²) in [7, 11) is 0. The van der Waals surface area contributed by atoms with Gasteiger partial charge >= 0.3 is 0 Å². The molecule has 0 amide bonds. The van der Waals surface area contributed by atoms with Crippen molar-refractivity contribution in [2.75, 3.05) is 5.73 Å². The molecule has 3 rings (SSSR count). The molecule has 3 aliphatic heterocycles. The van der Waals surface area contributed by atoms with Gasteiger partial charge in [-0.1, -0.05) is 6.92 Å². The van der Waals surface area contributed by atoms with E-state index in [1.54, 1.807) is 0 Å². The lowest BCUT2D eigenvalue weighted by Crippen LogP contribution is -2.28. The first-order valence-corrected chi connectivity index (χ1v) is 6.71. The van der Waals surface area contributed by atoms with E-state index < -0.39 is 29.8 Å². The smallest absolute Gasteiger partial charge is 0.294 e. The summed E-state index contributed by atoms with van der Waals surface area (Å²) in [6, 6.07) is 0. The minimum Gasteiger partial charge on any atom is -0.389 e. The number of aliphatic hydroxyl groups is 1. The lowest BCUT2D eigenvalue weighted by Gasteiger charge is -2.21. The second kappa shape index (κ2) is 4.83. The summed E-state index contributed by atoms with van der Waals surface area (Å²) in [5.74, 6) is 0.190. The van der Waals surface area contributed by atoms with Crippen LogP contribution in [-0.4, -0.2) is 42.1 Å². The Morgan fingerprint density at radius 3 is 2.95 bits per heavy atom. The van der Waals surface area contributed by atoms with Gasteiger partial charge in [0.05, 0.1) is 17.5 Å². The first kappa shape index (κ1) is 13.5. The molecule has 0 aromatic rings. The molecule has 3 aliphatic rings. The molecule has 108 valence electrons. The zero-order valence-electron chi connectivity index (χ0n) is 10.6. The number of imidazole rings is 1. The van der Waals surface area contributed by atoms with Crippen molar-refractivity contribution < 1.29 is 14.2 Å². The van der Waals surface area contributed by atoms with E-state index in [0.717, 1.165) is 4.57 Å². The van der Waals surface area contributed by atoms with E-state index in [9.17, 15) is 9.50 Å². The summed E-state index contributed by atoms with van der Waals surface area (Å²) >= 11 is 4.32. The highest BCUT2D eigenvalue weighted by molar-refractivity contribution is 7.81. The second-order valence-electron chi connectivity index (χ2n) is 4.64. The molecule has 0 saturated carbocycles. The van der Waals surface area contributed by atoms with E-state index >= 15 is 0 Å². The normalized spacial score (nSPS) is 30.2. The number of aromatic nitrogens is 4. The zero-order valence-corrected chi connectivity index (χ0v) is 11.5. The zero-order chi connectivity index (χ0) is 14.4. The molecule has 1 fully saturated rings. The van der Waals surface area contributed by atoms with Crippen LogP contribution in [0.2, 0.25) is 0 Å². The average molecular weight is 299 g/mol. The van der Waals surface area contributed by atoms with Gasteiger partial charge in [0, 0.05) is 0 Å². The SMILES string of the molecule is CC[C@H]1O[C@@H](n2c(F)nc(N)c3ncnc2-3)[C@H](S)[C@@H]1O. The van der Waals surface area contributed by atoms with Gasteiger partial charge in [0.1, 0.15) is 6.33 Å². The highest BCUT2D eigenvalue weighted by Gasteiger charge is 2.44. The predicted molar refractivity (Wildman–Crippen MR) is 71.8 cm³/mol. The molecule has 3 N–H and O–H groups in total. The van der Waals surface area contributed by atoms with E-state index in [4.69, 9.17) is 10.5 Å². The maximum atomic E-state index is 14.1. The number of nitrogen functional groups attached to an aromatic ring is 1. The van der Waals surface area contributed by atoms with Crippen LogP contribution in [0.1, 0.15) is 19.6 Å².